The number of rotatable bonds is 2. The van der Waals surface area contributed by atoms with E-state index in [1.807, 2.05) is 4.90 Å². The minimum absolute atomic E-state index is 0.0941. The van der Waals surface area contributed by atoms with Crippen molar-refractivity contribution in [1.82, 2.24) is 20.2 Å². The van der Waals surface area contributed by atoms with E-state index < -0.39 is 0 Å². The molecule has 0 bridgehead atoms. The highest BCUT2D eigenvalue weighted by Crippen LogP contribution is 2.36. The SMILES string of the molecule is O=C1NCCCc2[nH]c([C@@H]3CC(=O)N(C4CC4)C3)nc21. The topological polar surface area (TPSA) is 78.1 Å². The number of hydrogen-bond acceptors (Lipinski definition) is 3. The Kier molecular flexibility index (Phi) is 2.58. The number of H-pyrrole nitrogens is 1. The van der Waals surface area contributed by atoms with Gasteiger partial charge in [-0.25, -0.2) is 4.98 Å². The largest absolute Gasteiger partial charge is 0.351 e. The first kappa shape index (κ1) is 11.9. The van der Waals surface area contributed by atoms with Crippen LogP contribution in [0, 0.1) is 0 Å². The van der Waals surface area contributed by atoms with Crippen LogP contribution < -0.4 is 5.32 Å². The summed E-state index contributed by atoms with van der Waals surface area (Å²) in [6, 6.07) is 0.462. The number of nitrogens with zero attached hydrogens (tertiary/aromatic N) is 2. The second-order valence-corrected chi connectivity index (χ2v) is 5.99. The van der Waals surface area contributed by atoms with Crippen molar-refractivity contribution >= 4 is 11.8 Å². The lowest BCUT2D eigenvalue weighted by molar-refractivity contribution is -0.128. The van der Waals surface area contributed by atoms with E-state index in [1.54, 1.807) is 0 Å². The number of aromatic amines is 1. The Labute approximate surface area is 116 Å². The van der Waals surface area contributed by atoms with Crippen LogP contribution in [0.15, 0.2) is 0 Å². The van der Waals surface area contributed by atoms with Crippen molar-refractivity contribution in [2.75, 3.05) is 13.1 Å². The number of amides is 2. The van der Waals surface area contributed by atoms with E-state index in [0.717, 1.165) is 43.7 Å². The highest BCUT2D eigenvalue weighted by atomic mass is 16.2. The summed E-state index contributed by atoms with van der Waals surface area (Å²) in [4.78, 5) is 33.7. The van der Waals surface area contributed by atoms with E-state index in [2.05, 4.69) is 15.3 Å². The van der Waals surface area contributed by atoms with Crippen LogP contribution in [-0.2, 0) is 11.2 Å². The zero-order valence-electron chi connectivity index (χ0n) is 11.3. The number of fused-ring (bicyclic) bond motifs is 1. The molecular formula is C14H18N4O2. The fraction of sp³-hybridized carbons (Fsp3) is 0.643. The van der Waals surface area contributed by atoms with Gasteiger partial charge in [0.1, 0.15) is 11.5 Å². The van der Waals surface area contributed by atoms with Crippen molar-refractivity contribution in [2.24, 2.45) is 0 Å². The summed E-state index contributed by atoms with van der Waals surface area (Å²) in [5.41, 5.74) is 1.45. The summed E-state index contributed by atoms with van der Waals surface area (Å²) in [6.45, 7) is 1.45. The molecule has 1 saturated heterocycles. The predicted octanol–water partition coefficient (Wildman–Crippen LogP) is 0.564. The average Bonchev–Trinajstić information content (AvgIpc) is 3.11. The highest BCUT2D eigenvalue weighted by molar-refractivity contribution is 5.93. The van der Waals surface area contributed by atoms with Gasteiger partial charge in [-0.05, 0) is 25.7 Å². The number of carbonyl (C=O) groups is 2. The third-order valence-corrected chi connectivity index (χ3v) is 4.43. The monoisotopic (exact) mass is 274 g/mol. The number of likely N-dealkylation sites (tertiary alicyclic amines) is 1. The summed E-state index contributed by atoms with van der Waals surface area (Å²) in [7, 11) is 0. The van der Waals surface area contributed by atoms with E-state index >= 15 is 0 Å². The van der Waals surface area contributed by atoms with E-state index in [-0.39, 0.29) is 17.7 Å². The van der Waals surface area contributed by atoms with Gasteiger partial charge < -0.3 is 15.2 Å². The Bertz CT molecular complexity index is 576. The fourth-order valence-corrected chi connectivity index (χ4v) is 3.20. The van der Waals surface area contributed by atoms with Crippen molar-refractivity contribution in [3.05, 3.63) is 17.2 Å². The van der Waals surface area contributed by atoms with Crippen molar-refractivity contribution < 1.29 is 9.59 Å². The Morgan fingerprint density at radius 3 is 2.90 bits per heavy atom. The molecule has 1 aromatic heterocycles. The number of imidazole rings is 1. The summed E-state index contributed by atoms with van der Waals surface area (Å²) in [5, 5.41) is 2.85. The summed E-state index contributed by atoms with van der Waals surface area (Å²) in [5.74, 6) is 1.06. The molecule has 1 atom stereocenters. The average molecular weight is 274 g/mol. The molecule has 2 aliphatic heterocycles. The van der Waals surface area contributed by atoms with Crippen LogP contribution in [0.2, 0.25) is 0 Å². The normalized spacial score (nSPS) is 26.4. The molecule has 0 aromatic carbocycles. The molecular weight excluding hydrogens is 256 g/mol. The number of hydrogen-bond donors (Lipinski definition) is 2. The Morgan fingerprint density at radius 2 is 2.10 bits per heavy atom. The van der Waals surface area contributed by atoms with Crippen LogP contribution in [0.5, 0.6) is 0 Å². The minimum Gasteiger partial charge on any atom is -0.351 e. The van der Waals surface area contributed by atoms with E-state index in [9.17, 15) is 9.59 Å². The van der Waals surface area contributed by atoms with Gasteiger partial charge in [-0.2, -0.15) is 0 Å². The Balaban J connectivity index is 1.59. The molecule has 20 heavy (non-hydrogen) atoms. The van der Waals surface area contributed by atoms with E-state index in [1.165, 1.54) is 0 Å². The van der Waals surface area contributed by atoms with Crippen molar-refractivity contribution in [3.63, 3.8) is 0 Å². The Morgan fingerprint density at radius 1 is 1.25 bits per heavy atom. The van der Waals surface area contributed by atoms with E-state index in [0.29, 0.717) is 24.7 Å². The third kappa shape index (κ3) is 1.90. The lowest BCUT2D eigenvalue weighted by atomic mass is 10.1. The van der Waals surface area contributed by atoms with Crippen LogP contribution in [0.1, 0.15) is 53.6 Å². The number of aromatic nitrogens is 2. The maximum Gasteiger partial charge on any atom is 0.271 e. The summed E-state index contributed by atoms with van der Waals surface area (Å²) in [6.07, 6.45) is 4.56. The molecule has 0 spiro atoms. The molecule has 1 aromatic rings. The molecule has 106 valence electrons. The van der Waals surface area contributed by atoms with Gasteiger partial charge in [0.05, 0.1) is 0 Å². The Hall–Kier alpha value is -1.85. The summed E-state index contributed by atoms with van der Waals surface area (Å²) < 4.78 is 0. The smallest absolute Gasteiger partial charge is 0.271 e. The molecule has 0 radical (unpaired) electrons. The molecule has 3 heterocycles. The van der Waals surface area contributed by atoms with Gasteiger partial charge in [0.25, 0.3) is 5.91 Å². The molecule has 2 N–H and O–H groups in total. The quantitative estimate of drug-likeness (QED) is 0.827. The molecule has 2 fully saturated rings. The lowest BCUT2D eigenvalue weighted by Gasteiger charge is -2.14. The molecule has 6 heteroatoms. The molecule has 1 aliphatic carbocycles. The number of carbonyl (C=O) groups excluding carboxylic acids is 2. The van der Waals surface area contributed by atoms with Gasteiger partial charge in [0.15, 0.2) is 0 Å². The maximum atomic E-state index is 12.0. The fourth-order valence-electron chi connectivity index (χ4n) is 3.20. The predicted molar refractivity (Wildman–Crippen MR) is 71.3 cm³/mol. The van der Waals surface area contributed by atoms with Gasteiger partial charge in [-0.3, -0.25) is 9.59 Å². The lowest BCUT2D eigenvalue weighted by Crippen LogP contribution is -2.27. The van der Waals surface area contributed by atoms with Gasteiger partial charge in [0, 0.05) is 37.2 Å². The van der Waals surface area contributed by atoms with Gasteiger partial charge in [-0.15, -0.1) is 0 Å². The van der Waals surface area contributed by atoms with Crippen molar-refractivity contribution in [3.8, 4) is 0 Å². The minimum atomic E-state index is -0.0941. The van der Waals surface area contributed by atoms with Crippen LogP contribution in [0.4, 0.5) is 0 Å². The first-order valence-electron chi connectivity index (χ1n) is 7.39. The zero-order chi connectivity index (χ0) is 13.7. The van der Waals surface area contributed by atoms with E-state index in [4.69, 9.17) is 0 Å². The van der Waals surface area contributed by atoms with Crippen LogP contribution in [0.3, 0.4) is 0 Å². The molecule has 6 nitrogen and oxygen atoms in total. The van der Waals surface area contributed by atoms with Crippen LogP contribution >= 0.6 is 0 Å². The zero-order valence-corrected chi connectivity index (χ0v) is 11.3. The second kappa shape index (κ2) is 4.33. The first-order valence-corrected chi connectivity index (χ1v) is 7.39. The molecule has 2 amide bonds. The van der Waals surface area contributed by atoms with Crippen LogP contribution in [0.25, 0.3) is 0 Å². The van der Waals surface area contributed by atoms with Crippen LogP contribution in [-0.4, -0.2) is 45.8 Å². The van der Waals surface area contributed by atoms with Crippen molar-refractivity contribution in [1.29, 1.82) is 0 Å². The number of nitrogens with one attached hydrogen (secondary N) is 2. The molecule has 4 rings (SSSR count). The molecule has 3 aliphatic rings. The number of aryl methyl sites for hydroxylation is 1. The second-order valence-electron chi connectivity index (χ2n) is 5.99. The first-order chi connectivity index (χ1) is 9.72. The molecule has 1 saturated carbocycles. The standard InChI is InChI=1S/C14H18N4O2/c19-11-6-8(7-18(11)9-3-4-9)13-16-10-2-1-5-15-14(20)12(10)17-13/h8-9H,1-7H2,(H,15,20)(H,16,17)/t8-/m1/s1. The third-order valence-electron chi connectivity index (χ3n) is 4.43. The van der Waals surface area contributed by atoms with Gasteiger partial charge in [-0.1, -0.05) is 0 Å². The van der Waals surface area contributed by atoms with Gasteiger partial charge in [0.2, 0.25) is 5.91 Å². The van der Waals surface area contributed by atoms with Gasteiger partial charge >= 0.3 is 0 Å². The molecule has 0 unspecified atom stereocenters. The summed E-state index contributed by atoms with van der Waals surface area (Å²) >= 11 is 0. The highest BCUT2D eigenvalue weighted by Gasteiger charge is 2.41. The maximum absolute atomic E-state index is 12.0. The van der Waals surface area contributed by atoms with Crippen molar-refractivity contribution in [2.45, 2.75) is 44.1 Å².